The lowest BCUT2D eigenvalue weighted by Crippen LogP contribution is -2.67. The van der Waals surface area contributed by atoms with Crippen LogP contribution >= 0.6 is 0 Å². The molecule has 370 valence electrons. The number of hydrogen-bond acceptors (Lipinski definition) is 16. The predicted molar refractivity (Wildman–Crippen MR) is 228 cm³/mol. The Morgan fingerprint density at radius 3 is 2.09 bits per heavy atom. The average Bonchev–Trinajstić information content (AvgIpc) is 3.24. The molecule has 8 N–H and O–H groups in total. The number of aliphatic hydroxyl groups excluding tert-OH is 7. The van der Waals surface area contributed by atoms with Crippen molar-refractivity contribution in [3.05, 3.63) is 11.6 Å². The molecule has 3 saturated heterocycles. The molecule has 0 unspecified atom stereocenters. The van der Waals surface area contributed by atoms with E-state index >= 15 is 0 Å². The minimum Gasteiger partial charge on any atom is -0.481 e. The lowest BCUT2D eigenvalue weighted by atomic mass is 9.33. The molecule has 0 aromatic rings. The first-order chi connectivity index (χ1) is 30.4. The van der Waals surface area contributed by atoms with Crippen molar-refractivity contribution in [1.82, 2.24) is 0 Å². The van der Waals surface area contributed by atoms with E-state index in [1.807, 2.05) is 0 Å². The minimum absolute atomic E-state index is 0.000155. The van der Waals surface area contributed by atoms with Gasteiger partial charge in [0.15, 0.2) is 25.0 Å². The van der Waals surface area contributed by atoms with E-state index in [4.69, 9.17) is 33.2 Å². The maximum atomic E-state index is 13.1. The molecule has 0 bridgehead atoms. The van der Waals surface area contributed by atoms with Crippen LogP contribution in [0.2, 0.25) is 0 Å². The molecule has 17 nitrogen and oxygen atoms in total. The third kappa shape index (κ3) is 7.96. The van der Waals surface area contributed by atoms with Crippen LogP contribution in [0.25, 0.3) is 0 Å². The Labute approximate surface area is 382 Å². The minimum atomic E-state index is -1.76. The van der Waals surface area contributed by atoms with Gasteiger partial charge < -0.3 is 74.0 Å². The zero-order chi connectivity index (χ0) is 47.4. The van der Waals surface area contributed by atoms with E-state index in [9.17, 15) is 50.4 Å². The summed E-state index contributed by atoms with van der Waals surface area (Å²) < 4.78 is 41.4. The zero-order valence-electron chi connectivity index (χ0n) is 39.3. The number of carbonyl (C=O) groups is 2. The van der Waals surface area contributed by atoms with Crippen LogP contribution in [0.1, 0.15) is 120 Å². The largest absolute Gasteiger partial charge is 0.481 e. The van der Waals surface area contributed by atoms with Crippen LogP contribution in [0.4, 0.5) is 0 Å². The Morgan fingerprint density at radius 2 is 1.42 bits per heavy atom. The summed E-state index contributed by atoms with van der Waals surface area (Å²) in [6.45, 7) is 15.7. The highest BCUT2D eigenvalue weighted by Gasteiger charge is 2.70. The second-order valence-electron chi connectivity index (χ2n) is 23.0. The van der Waals surface area contributed by atoms with Gasteiger partial charge in [-0.15, -0.1) is 0 Å². The van der Waals surface area contributed by atoms with E-state index in [0.29, 0.717) is 19.3 Å². The maximum Gasteiger partial charge on any atom is 0.310 e. The first-order valence-electron chi connectivity index (χ1n) is 24.0. The van der Waals surface area contributed by atoms with Gasteiger partial charge in [0.2, 0.25) is 0 Å². The van der Waals surface area contributed by atoms with Crippen molar-refractivity contribution >= 4 is 11.9 Å². The monoisotopic (exact) mass is 925 g/mol. The number of carbonyl (C=O) groups excluding carboxylic acids is 1. The number of carboxylic acid groups (broad SMARTS) is 1. The number of esters is 1. The number of allylic oxidation sites excluding steroid dienone is 2. The van der Waals surface area contributed by atoms with Crippen LogP contribution in [0, 0.1) is 50.2 Å². The van der Waals surface area contributed by atoms with Gasteiger partial charge in [0.25, 0.3) is 0 Å². The smallest absolute Gasteiger partial charge is 0.310 e. The van der Waals surface area contributed by atoms with Crippen LogP contribution in [-0.4, -0.2) is 159 Å². The van der Waals surface area contributed by atoms with Gasteiger partial charge in [-0.1, -0.05) is 53.2 Å². The maximum absolute atomic E-state index is 13.1. The molecule has 5 aliphatic carbocycles. The fraction of sp³-hybridized carbons (Fsp3) is 0.917. The molecular weight excluding hydrogens is 849 g/mol. The van der Waals surface area contributed by atoms with Crippen LogP contribution in [0.15, 0.2) is 11.6 Å². The average molecular weight is 925 g/mol. The molecule has 8 aliphatic rings. The van der Waals surface area contributed by atoms with Gasteiger partial charge in [-0.05, 0) is 111 Å². The molecule has 0 amide bonds. The molecule has 3 aliphatic heterocycles. The van der Waals surface area contributed by atoms with Crippen LogP contribution in [0.5, 0.6) is 0 Å². The van der Waals surface area contributed by atoms with Crippen molar-refractivity contribution in [3.8, 4) is 0 Å². The van der Waals surface area contributed by atoms with Crippen molar-refractivity contribution in [1.29, 1.82) is 0 Å². The normalized spacial score (nSPS) is 53.0. The molecule has 17 heteroatoms. The first kappa shape index (κ1) is 49.6. The lowest BCUT2D eigenvalue weighted by Gasteiger charge is -2.71. The standard InChI is InChI=1S/C48H76O17/c1-23-32(52)37(64-39-35(55)34(54)28(21-60-39)62-24(2)50)36(56)40(61-23)65-38-33(53)27(51)20-59-41(38)63-31-12-13-44(5)29(45(31,6)22-49)11-14-47(8)30(44)10-9-25-26-19-43(3,4)15-17-48(26,42(57)58)18-16-46(25,47)7/h9,23,26-41,49,51-56H,10-22H2,1-8H3,(H,57,58)/t23-,26-,27-,28+,29+,30-,31-,32-,33-,34-,35+,36+,37+,38+,39-,40-,41-,44-,45-,46+,47+,48-/m0/s1. The van der Waals surface area contributed by atoms with Crippen LogP contribution in [-0.2, 0) is 42.7 Å². The summed E-state index contributed by atoms with van der Waals surface area (Å²) in [7, 11) is 0. The van der Waals surface area contributed by atoms with Gasteiger partial charge in [-0.25, -0.2) is 0 Å². The van der Waals surface area contributed by atoms with E-state index in [1.165, 1.54) is 12.5 Å². The van der Waals surface area contributed by atoms with Crippen LogP contribution < -0.4 is 0 Å². The van der Waals surface area contributed by atoms with Crippen molar-refractivity contribution < 1.29 is 83.6 Å². The summed E-state index contributed by atoms with van der Waals surface area (Å²) in [5, 5.41) is 88.5. The van der Waals surface area contributed by atoms with E-state index < -0.39 is 109 Å². The third-order valence-electron chi connectivity index (χ3n) is 19.0. The van der Waals surface area contributed by atoms with Crippen LogP contribution in [0.3, 0.4) is 0 Å². The molecule has 7 fully saturated rings. The molecule has 4 saturated carbocycles. The molecule has 22 atom stereocenters. The summed E-state index contributed by atoms with van der Waals surface area (Å²) >= 11 is 0. The number of fused-ring (bicyclic) bond motifs is 7. The number of aliphatic hydroxyl groups is 7. The van der Waals surface area contributed by atoms with E-state index in [1.54, 1.807) is 0 Å². The number of rotatable bonds is 9. The molecule has 0 aromatic heterocycles. The van der Waals surface area contributed by atoms with Gasteiger partial charge in [-0.3, -0.25) is 9.59 Å². The SMILES string of the molecule is CC(=O)O[C@@H]1CO[C@@H](O[C@@H]2[C@@H](O)[C@H](C)O[C@@H](O[C@H]3[C@H](O[C@H]4CC[C@@]5(C)[C@@H](CC[C@]6(C)[C@H]5CC=C5[C@@H]7CC(C)(C)CC[C@]7(C(=O)O)CC[C@]56C)[C@]4(C)CO)OC[C@H](O)[C@@H]3O)[C@@H]2O)[C@H](O)[C@H]1O. The number of aliphatic carboxylic acids is 1. The first-order valence-corrected chi connectivity index (χ1v) is 24.0. The van der Waals surface area contributed by atoms with Gasteiger partial charge in [0.1, 0.15) is 48.8 Å². The lowest BCUT2D eigenvalue weighted by molar-refractivity contribution is -0.379. The van der Waals surface area contributed by atoms with E-state index in [0.717, 1.165) is 51.9 Å². The van der Waals surface area contributed by atoms with Crippen molar-refractivity contribution in [2.24, 2.45) is 50.2 Å². The topological polar surface area (TPSA) is 261 Å². The van der Waals surface area contributed by atoms with Gasteiger partial charge >= 0.3 is 11.9 Å². The highest BCUT2D eigenvalue weighted by Crippen LogP contribution is 2.76. The van der Waals surface area contributed by atoms with E-state index in [2.05, 4.69) is 47.6 Å². The Hall–Kier alpha value is -1.84. The number of ether oxygens (including phenoxy) is 7. The summed E-state index contributed by atoms with van der Waals surface area (Å²) in [4.78, 5) is 24.6. The second kappa shape index (κ2) is 17.5. The zero-order valence-corrected chi connectivity index (χ0v) is 39.3. The molecule has 8 rings (SSSR count). The fourth-order valence-electron chi connectivity index (χ4n) is 14.8. The Balaban J connectivity index is 1.00. The predicted octanol–water partition coefficient (Wildman–Crippen LogP) is 2.56. The molecule has 0 aromatic carbocycles. The Bertz CT molecular complexity index is 1810. The third-order valence-corrected chi connectivity index (χ3v) is 19.0. The van der Waals surface area contributed by atoms with Gasteiger partial charge in [0.05, 0.1) is 37.4 Å². The molecule has 65 heavy (non-hydrogen) atoms. The van der Waals surface area contributed by atoms with Crippen molar-refractivity contribution in [3.63, 3.8) is 0 Å². The highest BCUT2D eigenvalue weighted by atomic mass is 16.8. The molecule has 0 spiro atoms. The van der Waals surface area contributed by atoms with Gasteiger partial charge in [0, 0.05) is 12.3 Å². The summed E-state index contributed by atoms with van der Waals surface area (Å²) in [6.07, 6.45) is -9.35. The Kier molecular flexibility index (Phi) is 13.4. The Morgan fingerprint density at radius 1 is 0.738 bits per heavy atom. The van der Waals surface area contributed by atoms with E-state index in [-0.39, 0.29) is 59.2 Å². The second-order valence-corrected chi connectivity index (χ2v) is 23.0. The summed E-state index contributed by atoms with van der Waals surface area (Å²) in [5.41, 5.74) is -0.577. The molecular formula is C48H76O17. The van der Waals surface area contributed by atoms with Crippen molar-refractivity contribution in [2.45, 2.75) is 206 Å². The number of hydrogen-bond donors (Lipinski definition) is 8. The summed E-state index contributed by atoms with van der Waals surface area (Å²) in [5.74, 6) is -1.06. The van der Waals surface area contributed by atoms with Gasteiger partial charge in [-0.2, -0.15) is 0 Å². The highest BCUT2D eigenvalue weighted by molar-refractivity contribution is 5.76. The summed E-state index contributed by atoms with van der Waals surface area (Å²) in [6, 6.07) is 0. The number of carboxylic acids is 1. The molecule has 0 radical (unpaired) electrons. The molecule has 3 heterocycles. The van der Waals surface area contributed by atoms with Crippen molar-refractivity contribution in [2.75, 3.05) is 19.8 Å². The fourth-order valence-corrected chi connectivity index (χ4v) is 14.8. The quantitative estimate of drug-likeness (QED) is 0.0939.